The van der Waals surface area contributed by atoms with Crippen LogP contribution in [0.4, 0.5) is 5.69 Å². The Bertz CT molecular complexity index is 454. The summed E-state index contributed by atoms with van der Waals surface area (Å²) in [6.07, 6.45) is 0. The van der Waals surface area contributed by atoms with Crippen LogP contribution >= 0.6 is 0 Å². The minimum atomic E-state index is -3.51. The first-order chi connectivity index (χ1) is 6.83. The molecule has 5 nitrogen and oxygen atoms in total. The summed E-state index contributed by atoms with van der Waals surface area (Å²) in [6, 6.07) is 4.61. The summed E-state index contributed by atoms with van der Waals surface area (Å²) in [5.74, 6) is 0.0638. The highest BCUT2D eigenvalue weighted by molar-refractivity contribution is 7.90. The van der Waals surface area contributed by atoms with Crippen molar-refractivity contribution in [1.29, 1.82) is 0 Å². The molecular formula is C9H14N2O3S. The van der Waals surface area contributed by atoms with E-state index in [1.807, 2.05) is 0 Å². The normalized spacial score (nSPS) is 11.7. The van der Waals surface area contributed by atoms with Gasteiger partial charge < -0.3 is 5.11 Å². The Morgan fingerprint density at radius 3 is 2.40 bits per heavy atom. The van der Waals surface area contributed by atoms with Crippen LogP contribution in [-0.2, 0) is 10.2 Å². The molecule has 2 N–H and O–H groups in total. The first-order valence-electron chi connectivity index (χ1n) is 4.33. The molecule has 0 heterocycles. The number of benzene rings is 1. The van der Waals surface area contributed by atoms with E-state index in [0.29, 0.717) is 11.3 Å². The van der Waals surface area contributed by atoms with Gasteiger partial charge in [-0.25, -0.2) is 0 Å². The zero-order chi connectivity index (χ0) is 11.6. The zero-order valence-corrected chi connectivity index (χ0v) is 9.67. The van der Waals surface area contributed by atoms with Gasteiger partial charge in [0.1, 0.15) is 5.75 Å². The van der Waals surface area contributed by atoms with Crippen molar-refractivity contribution in [2.24, 2.45) is 0 Å². The van der Waals surface area contributed by atoms with Crippen molar-refractivity contribution < 1.29 is 13.5 Å². The first-order valence-corrected chi connectivity index (χ1v) is 5.77. The predicted octanol–water partition coefficient (Wildman–Crippen LogP) is 0.919. The molecule has 0 radical (unpaired) electrons. The zero-order valence-electron chi connectivity index (χ0n) is 8.85. The SMILES string of the molecule is Cc1ccc(NS(=O)(=O)N(C)C)cc1O. The number of hydrogen-bond donors (Lipinski definition) is 2. The number of nitrogens with zero attached hydrogens (tertiary/aromatic N) is 1. The molecule has 1 rings (SSSR count). The number of hydrogen-bond acceptors (Lipinski definition) is 3. The Balaban J connectivity index is 2.96. The van der Waals surface area contributed by atoms with E-state index in [2.05, 4.69) is 4.72 Å². The molecule has 0 fully saturated rings. The smallest absolute Gasteiger partial charge is 0.301 e. The maximum absolute atomic E-state index is 11.4. The minimum Gasteiger partial charge on any atom is -0.508 e. The Kier molecular flexibility index (Phi) is 3.21. The number of nitrogens with one attached hydrogen (secondary N) is 1. The molecule has 0 saturated heterocycles. The van der Waals surface area contributed by atoms with E-state index >= 15 is 0 Å². The van der Waals surface area contributed by atoms with Crippen molar-refractivity contribution >= 4 is 15.9 Å². The molecule has 84 valence electrons. The molecule has 6 heteroatoms. The summed E-state index contributed by atoms with van der Waals surface area (Å²) in [5.41, 5.74) is 1.04. The van der Waals surface area contributed by atoms with Gasteiger partial charge in [0.05, 0.1) is 5.69 Å². The van der Waals surface area contributed by atoms with Crippen LogP contribution in [0.5, 0.6) is 5.75 Å². The van der Waals surface area contributed by atoms with Crippen molar-refractivity contribution in [2.45, 2.75) is 6.92 Å². The monoisotopic (exact) mass is 230 g/mol. The lowest BCUT2D eigenvalue weighted by molar-refractivity contribution is 0.471. The Morgan fingerprint density at radius 2 is 1.93 bits per heavy atom. The van der Waals surface area contributed by atoms with E-state index in [1.165, 1.54) is 20.2 Å². The van der Waals surface area contributed by atoms with Crippen molar-refractivity contribution in [1.82, 2.24) is 4.31 Å². The van der Waals surface area contributed by atoms with Gasteiger partial charge in [0, 0.05) is 20.2 Å². The molecular weight excluding hydrogens is 216 g/mol. The lowest BCUT2D eigenvalue weighted by atomic mass is 10.2. The van der Waals surface area contributed by atoms with Gasteiger partial charge in [-0.15, -0.1) is 0 Å². The van der Waals surface area contributed by atoms with Gasteiger partial charge in [-0.3, -0.25) is 4.72 Å². The number of aromatic hydroxyl groups is 1. The lowest BCUT2D eigenvalue weighted by Crippen LogP contribution is -2.28. The largest absolute Gasteiger partial charge is 0.508 e. The Hall–Kier alpha value is -1.27. The molecule has 1 aromatic rings. The van der Waals surface area contributed by atoms with Crippen molar-refractivity contribution in [3.8, 4) is 5.75 Å². The van der Waals surface area contributed by atoms with Crippen LogP contribution in [0.25, 0.3) is 0 Å². The van der Waals surface area contributed by atoms with Gasteiger partial charge in [0.15, 0.2) is 0 Å². The highest BCUT2D eigenvalue weighted by Gasteiger charge is 2.13. The molecule has 0 saturated carbocycles. The number of phenols is 1. The van der Waals surface area contributed by atoms with E-state index in [4.69, 9.17) is 0 Å². The number of anilines is 1. The van der Waals surface area contributed by atoms with E-state index in [-0.39, 0.29) is 5.75 Å². The van der Waals surface area contributed by atoms with Crippen molar-refractivity contribution in [3.63, 3.8) is 0 Å². The van der Waals surface area contributed by atoms with Crippen LogP contribution in [0.3, 0.4) is 0 Å². The van der Waals surface area contributed by atoms with Gasteiger partial charge in [-0.1, -0.05) is 6.07 Å². The Morgan fingerprint density at radius 1 is 1.33 bits per heavy atom. The van der Waals surface area contributed by atoms with E-state index in [0.717, 1.165) is 4.31 Å². The highest BCUT2D eigenvalue weighted by atomic mass is 32.2. The second kappa shape index (κ2) is 4.08. The molecule has 0 unspecified atom stereocenters. The molecule has 0 aliphatic rings. The highest BCUT2D eigenvalue weighted by Crippen LogP contribution is 2.21. The molecule has 0 amide bonds. The summed E-state index contributed by atoms with van der Waals surface area (Å²) in [7, 11) is -0.655. The minimum absolute atomic E-state index is 0.0638. The van der Waals surface area contributed by atoms with E-state index in [1.54, 1.807) is 19.1 Å². The summed E-state index contributed by atoms with van der Waals surface area (Å²) >= 11 is 0. The van der Waals surface area contributed by atoms with Gasteiger partial charge in [0.2, 0.25) is 0 Å². The summed E-state index contributed by atoms with van der Waals surface area (Å²) in [4.78, 5) is 0. The molecule has 0 aliphatic heterocycles. The van der Waals surface area contributed by atoms with Crippen LogP contribution in [0.2, 0.25) is 0 Å². The third kappa shape index (κ3) is 2.84. The fourth-order valence-corrected chi connectivity index (χ4v) is 1.52. The standard InChI is InChI=1S/C9H14N2O3S/c1-7-4-5-8(6-9(7)12)10-15(13,14)11(2)3/h4-6,10,12H,1-3H3. The first kappa shape index (κ1) is 11.8. The molecule has 0 aromatic heterocycles. The molecule has 0 atom stereocenters. The number of aryl methyl sites for hydroxylation is 1. The molecule has 0 aliphatic carbocycles. The second-order valence-electron chi connectivity index (χ2n) is 3.39. The van der Waals surface area contributed by atoms with Gasteiger partial charge >= 0.3 is 10.2 Å². The average molecular weight is 230 g/mol. The van der Waals surface area contributed by atoms with E-state index in [9.17, 15) is 13.5 Å². The quantitative estimate of drug-likeness (QED) is 0.811. The van der Waals surface area contributed by atoms with Crippen LogP contribution in [0, 0.1) is 6.92 Å². The summed E-state index contributed by atoms with van der Waals surface area (Å²) < 4.78 is 26.2. The topological polar surface area (TPSA) is 69.6 Å². The van der Waals surface area contributed by atoms with Crippen LogP contribution in [0.1, 0.15) is 5.56 Å². The van der Waals surface area contributed by atoms with Crippen LogP contribution < -0.4 is 4.72 Å². The maximum Gasteiger partial charge on any atom is 0.301 e. The maximum atomic E-state index is 11.4. The van der Waals surface area contributed by atoms with Crippen LogP contribution in [0.15, 0.2) is 18.2 Å². The predicted molar refractivity (Wildman–Crippen MR) is 59.1 cm³/mol. The third-order valence-electron chi connectivity index (χ3n) is 1.94. The Labute approximate surface area is 89.5 Å². The number of rotatable bonds is 3. The van der Waals surface area contributed by atoms with Crippen molar-refractivity contribution in [2.75, 3.05) is 18.8 Å². The summed E-state index contributed by atoms with van der Waals surface area (Å²) in [5, 5.41) is 9.39. The van der Waals surface area contributed by atoms with Gasteiger partial charge in [-0.05, 0) is 18.6 Å². The lowest BCUT2D eigenvalue weighted by Gasteiger charge is -2.13. The second-order valence-corrected chi connectivity index (χ2v) is 5.28. The number of phenolic OH excluding ortho intramolecular Hbond substituents is 1. The van der Waals surface area contributed by atoms with Crippen LogP contribution in [-0.4, -0.2) is 31.9 Å². The average Bonchev–Trinajstić information content (AvgIpc) is 2.10. The van der Waals surface area contributed by atoms with Gasteiger partial charge in [-0.2, -0.15) is 12.7 Å². The van der Waals surface area contributed by atoms with Crippen molar-refractivity contribution in [3.05, 3.63) is 23.8 Å². The fraction of sp³-hybridized carbons (Fsp3) is 0.333. The molecule has 15 heavy (non-hydrogen) atoms. The third-order valence-corrected chi connectivity index (χ3v) is 3.39. The molecule has 0 spiro atoms. The van der Waals surface area contributed by atoms with E-state index < -0.39 is 10.2 Å². The fourth-order valence-electron chi connectivity index (χ4n) is 0.913. The molecule has 0 bridgehead atoms. The molecule has 1 aromatic carbocycles. The summed E-state index contributed by atoms with van der Waals surface area (Å²) in [6.45, 7) is 1.74. The van der Waals surface area contributed by atoms with Gasteiger partial charge in [0.25, 0.3) is 0 Å².